The summed E-state index contributed by atoms with van der Waals surface area (Å²) in [4.78, 5) is 19.3. The number of rotatable bonds is 2. The summed E-state index contributed by atoms with van der Waals surface area (Å²) >= 11 is 0.367. The van der Waals surface area contributed by atoms with E-state index in [1.54, 1.807) is 18.2 Å². The average molecular weight is 373 g/mol. The summed E-state index contributed by atoms with van der Waals surface area (Å²) in [5.74, 6) is -0.797. The van der Waals surface area contributed by atoms with Gasteiger partial charge in [-0.3, -0.25) is 4.79 Å². The van der Waals surface area contributed by atoms with Gasteiger partial charge in [0, 0.05) is 26.2 Å². The van der Waals surface area contributed by atoms with Crippen molar-refractivity contribution in [2.45, 2.75) is 13.1 Å². The second kappa shape index (κ2) is 6.62. The molecule has 0 spiro atoms. The molecule has 2 aromatic rings. The van der Waals surface area contributed by atoms with Gasteiger partial charge < -0.3 is 9.80 Å². The van der Waals surface area contributed by atoms with E-state index in [0.717, 1.165) is 0 Å². The number of piperazine rings is 1. The largest absolute Gasteiger partial charge is 0.443 e. The molecule has 1 amide bonds. The molecular formula is C16H15F4N3OS. The first-order valence-electron chi connectivity index (χ1n) is 7.60. The summed E-state index contributed by atoms with van der Waals surface area (Å²) in [5, 5.41) is -1.02. The lowest BCUT2D eigenvalue weighted by atomic mass is 10.2. The van der Waals surface area contributed by atoms with Crippen LogP contribution in [0.15, 0.2) is 24.3 Å². The Morgan fingerprint density at radius 1 is 1.16 bits per heavy atom. The van der Waals surface area contributed by atoms with Crippen molar-refractivity contribution < 1.29 is 22.4 Å². The normalized spacial score (nSPS) is 15.6. The third-order valence-electron chi connectivity index (χ3n) is 3.99. The number of anilines is 1. The number of hydrogen-bond acceptors (Lipinski definition) is 4. The van der Waals surface area contributed by atoms with Gasteiger partial charge in [0.25, 0.3) is 5.91 Å². The van der Waals surface area contributed by atoms with Gasteiger partial charge in [-0.15, -0.1) is 11.3 Å². The number of para-hydroxylation sites is 1. The quantitative estimate of drug-likeness (QED) is 0.755. The highest BCUT2D eigenvalue weighted by molar-refractivity contribution is 7.13. The molecule has 0 aliphatic carbocycles. The molecule has 134 valence electrons. The molecule has 0 bridgehead atoms. The van der Waals surface area contributed by atoms with Crippen LogP contribution in [0.2, 0.25) is 0 Å². The van der Waals surface area contributed by atoms with Crippen LogP contribution in [-0.2, 0) is 6.18 Å². The molecule has 0 atom stereocenters. The summed E-state index contributed by atoms with van der Waals surface area (Å²) in [5.41, 5.74) is 0.543. The lowest BCUT2D eigenvalue weighted by Gasteiger charge is -2.36. The van der Waals surface area contributed by atoms with Gasteiger partial charge in [0.2, 0.25) is 0 Å². The van der Waals surface area contributed by atoms with Gasteiger partial charge in [-0.2, -0.15) is 13.2 Å². The van der Waals surface area contributed by atoms with E-state index in [0.29, 0.717) is 43.2 Å². The van der Waals surface area contributed by atoms with Crippen LogP contribution in [0.5, 0.6) is 0 Å². The average Bonchev–Trinajstić information content (AvgIpc) is 2.97. The van der Waals surface area contributed by atoms with Gasteiger partial charge in [-0.25, -0.2) is 9.37 Å². The maximum absolute atomic E-state index is 13.8. The Hall–Kier alpha value is -2.16. The second-order valence-corrected chi connectivity index (χ2v) is 6.66. The van der Waals surface area contributed by atoms with E-state index in [9.17, 15) is 22.4 Å². The predicted molar refractivity (Wildman–Crippen MR) is 86.4 cm³/mol. The van der Waals surface area contributed by atoms with Crippen molar-refractivity contribution in [2.75, 3.05) is 31.1 Å². The smallest absolute Gasteiger partial charge is 0.366 e. The summed E-state index contributed by atoms with van der Waals surface area (Å²) in [6, 6.07) is 6.36. The van der Waals surface area contributed by atoms with Gasteiger partial charge in [0.05, 0.1) is 11.4 Å². The van der Waals surface area contributed by atoms with Crippen molar-refractivity contribution in [1.29, 1.82) is 0 Å². The van der Waals surface area contributed by atoms with E-state index >= 15 is 0 Å². The molecule has 0 saturated carbocycles. The van der Waals surface area contributed by atoms with Crippen LogP contribution in [0, 0.1) is 12.7 Å². The second-order valence-electron chi connectivity index (χ2n) is 5.66. The number of carbonyl (C=O) groups excluding carboxylic acids is 1. The van der Waals surface area contributed by atoms with Gasteiger partial charge >= 0.3 is 6.18 Å². The lowest BCUT2D eigenvalue weighted by molar-refractivity contribution is -0.137. The van der Waals surface area contributed by atoms with E-state index in [1.807, 2.05) is 4.90 Å². The van der Waals surface area contributed by atoms with Crippen LogP contribution in [0.1, 0.15) is 20.4 Å². The topological polar surface area (TPSA) is 36.4 Å². The SMILES string of the molecule is Cc1nc(C(F)(F)F)sc1C(=O)N1CCN(c2ccccc2F)CC1. The minimum Gasteiger partial charge on any atom is -0.366 e. The Labute approximate surface area is 145 Å². The lowest BCUT2D eigenvalue weighted by Crippen LogP contribution is -2.49. The van der Waals surface area contributed by atoms with Gasteiger partial charge in [-0.05, 0) is 19.1 Å². The fourth-order valence-electron chi connectivity index (χ4n) is 2.72. The monoisotopic (exact) mass is 373 g/mol. The molecule has 1 aliphatic rings. The molecule has 0 N–H and O–H groups in total. The molecule has 3 rings (SSSR count). The van der Waals surface area contributed by atoms with Crippen molar-refractivity contribution >= 4 is 22.9 Å². The number of hydrogen-bond donors (Lipinski definition) is 0. The predicted octanol–water partition coefficient (Wildman–Crippen LogP) is 3.57. The van der Waals surface area contributed by atoms with Crippen molar-refractivity contribution in [3.8, 4) is 0 Å². The molecule has 1 aromatic heterocycles. The van der Waals surface area contributed by atoms with E-state index in [1.165, 1.54) is 17.9 Å². The van der Waals surface area contributed by atoms with E-state index < -0.39 is 17.1 Å². The highest BCUT2D eigenvalue weighted by Gasteiger charge is 2.37. The third-order valence-corrected chi connectivity index (χ3v) is 5.18. The number of aryl methyl sites for hydroxylation is 1. The van der Waals surface area contributed by atoms with Gasteiger partial charge in [0.1, 0.15) is 10.7 Å². The Kier molecular flexibility index (Phi) is 4.68. The first kappa shape index (κ1) is 17.7. The summed E-state index contributed by atoms with van der Waals surface area (Å²) in [6.45, 7) is 2.85. The van der Waals surface area contributed by atoms with Crippen LogP contribution in [0.25, 0.3) is 0 Å². The number of halogens is 4. The number of aromatic nitrogens is 1. The van der Waals surface area contributed by atoms with Crippen molar-refractivity contribution in [2.24, 2.45) is 0 Å². The molecule has 1 aliphatic heterocycles. The van der Waals surface area contributed by atoms with E-state index in [4.69, 9.17) is 0 Å². The minimum atomic E-state index is -4.56. The van der Waals surface area contributed by atoms with E-state index in [2.05, 4.69) is 4.98 Å². The Morgan fingerprint density at radius 3 is 2.36 bits per heavy atom. The molecule has 0 radical (unpaired) electrons. The minimum absolute atomic E-state index is 0.00617. The summed E-state index contributed by atoms with van der Waals surface area (Å²) in [7, 11) is 0. The van der Waals surface area contributed by atoms with Crippen LogP contribution in [-0.4, -0.2) is 42.0 Å². The third kappa shape index (κ3) is 3.60. The molecule has 2 heterocycles. The zero-order valence-electron chi connectivity index (χ0n) is 13.3. The van der Waals surface area contributed by atoms with Crippen LogP contribution in [0.4, 0.5) is 23.2 Å². The van der Waals surface area contributed by atoms with Gasteiger partial charge in [0.15, 0.2) is 5.01 Å². The maximum atomic E-state index is 13.8. The van der Waals surface area contributed by atoms with Crippen LogP contribution in [0.3, 0.4) is 0 Å². The first-order valence-corrected chi connectivity index (χ1v) is 8.42. The Bertz CT molecular complexity index is 782. The fourth-order valence-corrected chi connectivity index (χ4v) is 3.62. The van der Waals surface area contributed by atoms with Crippen LogP contribution < -0.4 is 4.90 Å². The maximum Gasteiger partial charge on any atom is 0.443 e. The van der Waals surface area contributed by atoms with Crippen LogP contribution >= 0.6 is 11.3 Å². The zero-order chi connectivity index (χ0) is 18.2. The summed E-state index contributed by atoms with van der Waals surface area (Å²) < 4.78 is 52.1. The molecule has 9 heteroatoms. The van der Waals surface area contributed by atoms with E-state index in [-0.39, 0.29) is 16.4 Å². The first-order chi connectivity index (χ1) is 11.8. The van der Waals surface area contributed by atoms with Crippen molar-refractivity contribution in [1.82, 2.24) is 9.88 Å². The molecule has 1 aromatic carbocycles. The van der Waals surface area contributed by atoms with Gasteiger partial charge in [-0.1, -0.05) is 12.1 Å². The molecule has 0 unspecified atom stereocenters. The van der Waals surface area contributed by atoms with Crippen molar-refractivity contribution in [3.63, 3.8) is 0 Å². The Balaban J connectivity index is 1.70. The number of benzene rings is 1. The Morgan fingerprint density at radius 2 is 1.80 bits per heavy atom. The highest BCUT2D eigenvalue weighted by atomic mass is 32.1. The fraction of sp³-hybridized carbons (Fsp3) is 0.375. The molecular weight excluding hydrogens is 358 g/mol. The number of carbonyl (C=O) groups is 1. The molecule has 25 heavy (non-hydrogen) atoms. The number of thiazole rings is 1. The number of nitrogens with zero attached hydrogens (tertiary/aromatic N) is 3. The molecule has 1 fully saturated rings. The standard InChI is InChI=1S/C16H15F4N3OS/c1-10-13(25-15(21-10)16(18,19)20)14(24)23-8-6-22(7-9-23)12-5-3-2-4-11(12)17/h2-5H,6-9H2,1H3. The molecule has 4 nitrogen and oxygen atoms in total. The highest BCUT2D eigenvalue weighted by Crippen LogP contribution is 2.34. The zero-order valence-corrected chi connectivity index (χ0v) is 14.1. The summed E-state index contributed by atoms with van der Waals surface area (Å²) in [6.07, 6.45) is -4.56. The number of amides is 1. The molecule has 1 saturated heterocycles. The van der Waals surface area contributed by atoms with Crippen molar-refractivity contribution in [3.05, 3.63) is 45.7 Å². The number of alkyl halides is 3.